The van der Waals surface area contributed by atoms with Crippen LogP contribution in [0.5, 0.6) is 0 Å². The second-order valence-electron chi connectivity index (χ2n) is 9.50. The molecule has 0 heterocycles. The molecule has 0 amide bonds. The second kappa shape index (κ2) is 7.44. The Hall–Kier alpha value is -1.59. The normalized spacial score (nSPS) is 31.4. The number of hydrogen-bond donors (Lipinski definition) is 0. The predicted octanol–water partition coefficient (Wildman–Crippen LogP) is 3.51. The summed E-state index contributed by atoms with van der Waals surface area (Å²) in [6.07, 6.45) is 2.65. The molecule has 0 spiro atoms. The maximum Gasteiger partial charge on any atom is 0.344 e. The van der Waals surface area contributed by atoms with Gasteiger partial charge >= 0.3 is 17.9 Å². The van der Waals surface area contributed by atoms with E-state index < -0.39 is 36.5 Å². The number of esters is 3. The lowest BCUT2D eigenvalue weighted by Crippen LogP contribution is -2.36. The van der Waals surface area contributed by atoms with Gasteiger partial charge in [-0.2, -0.15) is 0 Å². The standard InChI is InChI=1S/C21H34O6/c1-8-19(3,4)18(24)26-11-15(22)25-12-16(23)27-17-13(2)21(7)10-9-14(17)20(21,5)6/h13-14,17H,8-12H2,1-7H3. The fraction of sp³-hybridized carbons (Fsp3) is 0.857. The molecule has 0 aromatic carbocycles. The van der Waals surface area contributed by atoms with Crippen LogP contribution in [0.3, 0.4) is 0 Å². The number of carbonyl (C=O) groups is 3. The molecule has 2 bridgehead atoms. The van der Waals surface area contributed by atoms with E-state index in [1.165, 1.54) is 0 Å². The van der Waals surface area contributed by atoms with Crippen LogP contribution in [0, 0.1) is 28.1 Å². The first kappa shape index (κ1) is 21.7. The zero-order valence-corrected chi connectivity index (χ0v) is 17.7. The fourth-order valence-corrected chi connectivity index (χ4v) is 4.68. The largest absolute Gasteiger partial charge is 0.459 e. The molecule has 0 aromatic rings. The van der Waals surface area contributed by atoms with E-state index in [1.807, 2.05) is 6.92 Å². The number of fused-ring (bicyclic) bond motifs is 2. The predicted molar refractivity (Wildman–Crippen MR) is 99.6 cm³/mol. The number of ether oxygens (including phenoxy) is 3. The van der Waals surface area contributed by atoms with E-state index in [-0.39, 0.29) is 22.9 Å². The van der Waals surface area contributed by atoms with Crippen LogP contribution >= 0.6 is 0 Å². The SMILES string of the molecule is CCC(C)(C)C(=O)OCC(=O)OCC(=O)OC1C2CCC(C)(C1C)C2(C)C. The zero-order valence-electron chi connectivity index (χ0n) is 17.7. The van der Waals surface area contributed by atoms with Gasteiger partial charge < -0.3 is 14.2 Å². The minimum Gasteiger partial charge on any atom is -0.459 e. The zero-order chi connectivity index (χ0) is 20.6. The number of hydrogen-bond acceptors (Lipinski definition) is 6. The molecule has 2 aliphatic carbocycles. The lowest BCUT2D eigenvalue weighted by atomic mass is 9.67. The minimum atomic E-state index is -0.750. The third kappa shape index (κ3) is 3.85. The lowest BCUT2D eigenvalue weighted by Gasteiger charge is -2.38. The summed E-state index contributed by atoms with van der Waals surface area (Å²) < 4.78 is 15.6. The first-order valence-corrected chi connectivity index (χ1v) is 9.89. The summed E-state index contributed by atoms with van der Waals surface area (Å²) in [5.74, 6) is -1.17. The van der Waals surface area contributed by atoms with Crippen molar-refractivity contribution in [2.45, 2.75) is 73.8 Å². The van der Waals surface area contributed by atoms with Crippen molar-refractivity contribution in [2.24, 2.45) is 28.1 Å². The quantitative estimate of drug-likeness (QED) is 0.495. The van der Waals surface area contributed by atoms with Gasteiger partial charge in [-0.25, -0.2) is 9.59 Å². The molecule has 6 nitrogen and oxygen atoms in total. The van der Waals surface area contributed by atoms with E-state index in [4.69, 9.17) is 14.2 Å². The van der Waals surface area contributed by atoms with Crippen molar-refractivity contribution >= 4 is 17.9 Å². The first-order valence-electron chi connectivity index (χ1n) is 9.89. The fourth-order valence-electron chi connectivity index (χ4n) is 4.68. The molecular weight excluding hydrogens is 348 g/mol. The van der Waals surface area contributed by atoms with Crippen molar-refractivity contribution in [3.8, 4) is 0 Å². The van der Waals surface area contributed by atoms with Gasteiger partial charge in [0.25, 0.3) is 0 Å². The van der Waals surface area contributed by atoms with Crippen molar-refractivity contribution in [2.75, 3.05) is 13.2 Å². The van der Waals surface area contributed by atoms with Crippen LogP contribution in [0.1, 0.15) is 67.7 Å². The third-order valence-electron chi connectivity index (χ3n) is 7.64. The van der Waals surface area contributed by atoms with E-state index >= 15 is 0 Å². The van der Waals surface area contributed by atoms with Gasteiger partial charge in [-0.3, -0.25) is 4.79 Å². The Bertz CT molecular complexity index is 608. The molecule has 154 valence electrons. The van der Waals surface area contributed by atoms with Gasteiger partial charge in [0.1, 0.15) is 6.10 Å². The smallest absolute Gasteiger partial charge is 0.344 e. The molecule has 4 unspecified atom stereocenters. The van der Waals surface area contributed by atoms with E-state index in [0.29, 0.717) is 12.3 Å². The summed E-state index contributed by atoms with van der Waals surface area (Å²) in [5.41, 5.74) is -0.381. The van der Waals surface area contributed by atoms with Gasteiger partial charge in [0.15, 0.2) is 13.2 Å². The third-order valence-corrected chi connectivity index (χ3v) is 7.64. The van der Waals surface area contributed by atoms with Gasteiger partial charge in [0.2, 0.25) is 0 Å². The molecule has 0 N–H and O–H groups in total. The average molecular weight is 382 g/mol. The molecule has 27 heavy (non-hydrogen) atoms. The monoisotopic (exact) mass is 382 g/mol. The Morgan fingerprint density at radius 1 is 1.04 bits per heavy atom. The van der Waals surface area contributed by atoms with Crippen LogP contribution in [0.25, 0.3) is 0 Å². The minimum absolute atomic E-state index is 0.119. The van der Waals surface area contributed by atoms with Gasteiger partial charge in [-0.05, 0) is 49.9 Å². The Morgan fingerprint density at radius 2 is 1.63 bits per heavy atom. The highest BCUT2D eigenvalue weighted by Crippen LogP contribution is 2.68. The Morgan fingerprint density at radius 3 is 2.15 bits per heavy atom. The highest BCUT2D eigenvalue weighted by molar-refractivity contribution is 5.81. The van der Waals surface area contributed by atoms with E-state index in [0.717, 1.165) is 12.8 Å². The first-order chi connectivity index (χ1) is 12.4. The summed E-state index contributed by atoms with van der Waals surface area (Å²) >= 11 is 0. The van der Waals surface area contributed by atoms with Crippen LogP contribution in [0.15, 0.2) is 0 Å². The summed E-state index contributed by atoms with van der Waals surface area (Å²) in [6.45, 7) is 13.3. The summed E-state index contributed by atoms with van der Waals surface area (Å²) in [6, 6.07) is 0. The number of rotatable bonds is 7. The Balaban J connectivity index is 1.79. The van der Waals surface area contributed by atoms with Crippen LogP contribution in [-0.4, -0.2) is 37.2 Å². The van der Waals surface area contributed by atoms with E-state index in [2.05, 4.69) is 27.7 Å². The molecule has 0 saturated heterocycles. The maximum absolute atomic E-state index is 12.2. The average Bonchev–Trinajstić information content (AvgIpc) is 2.91. The van der Waals surface area contributed by atoms with Crippen LogP contribution in [-0.2, 0) is 28.6 Å². The van der Waals surface area contributed by atoms with Crippen molar-refractivity contribution in [3.05, 3.63) is 0 Å². The topological polar surface area (TPSA) is 78.9 Å². The van der Waals surface area contributed by atoms with Crippen molar-refractivity contribution in [1.82, 2.24) is 0 Å². The van der Waals surface area contributed by atoms with Crippen molar-refractivity contribution < 1.29 is 28.6 Å². The molecule has 4 atom stereocenters. The highest BCUT2D eigenvalue weighted by Gasteiger charge is 2.65. The molecule has 0 aliphatic heterocycles. The van der Waals surface area contributed by atoms with Crippen LogP contribution in [0.2, 0.25) is 0 Å². The Labute approximate surface area is 162 Å². The van der Waals surface area contributed by atoms with E-state index in [9.17, 15) is 14.4 Å². The summed E-state index contributed by atoms with van der Waals surface area (Å²) in [4.78, 5) is 35.8. The molecule has 2 aliphatic rings. The van der Waals surface area contributed by atoms with E-state index in [1.54, 1.807) is 13.8 Å². The van der Waals surface area contributed by atoms with Gasteiger partial charge in [-0.15, -0.1) is 0 Å². The van der Waals surface area contributed by atoms with Gasteiger partial charge in [0.05, 0.1) is 5.41 Å². The summed E-state index contributed by atoms with van der Waals surface area (Å²) in [7, 11) is 0. The molecule has 6 heteroatoms. The van der Waals surface area contributed by atoms with Crippen LogP contribution in [0.4, 0.5) is 0 Å². The second-order valence-corrected chi connectivity index (χ2v) is 9.50. The van der Waals surface area contributed by atoms with Crippen molar-refractivity contribution in [1.29, 1.82) is 0 Å². The van der Waals surface area contributed by atoms with Gasteiger partial charge in [0, 0.05) is 5.92 Å². The summed E-state index contributed by atoms with van der Waals surface area (Å²) in [5, 5.41) is 0. The lowest BCUT2D eigenvalue weighted by molar-refractivity contribution is -0.171. The number of carbonyl (C=O) groups excluding carboxylic acids is 3. The van der Waals surface area contributed by atoms with Gasteiger partial charge in [-0.1, -0.05) is 34.6 Å². The molecule has 2 saturated carbocycles. The molecule has 2 rings (SSSR count). The maximum atomic E-state index is 12.2. The molecule has 0 radical (unpaired) electrons. The molecular formula is C21H34O6. The highest BCUT2D eigenvalue weighted by atomic mass is 16.6. The van der Waals surface area contributed by atoms with Crippen LogP contribution < -0.4 is 0 Å². The molecule has 2 fully saturated rings. The molecule has 0 aromatic heterocycles. The Kier molecular flexibility index (Phi) is 5.98. The van der Waals surface area contributed by atoms with Crippen molar-refractivity contribution in [3.63, 3.8) is 0 Å².